The fourth-order valence-corrected chi connectivity index (χ4v) is 1.78. The normalized spacial score (nSPS) is 9.60. The summed E-state index contributed by atoms with van der Waals surface area (Å²) in [6.45, 7) is 0.524. The van der Waals surface area contributed by atoms with Gasteiger partial charge >= 0.3 is 0 Å². The van der Waals surface area contributed by atoms with Crippen molar-refractivity contribution >= 4 is 11.6 Å². The van der Waals surface area contributed by atoms with E-state index in [0.717, 1.165) is 11.1 Å². The van der Waals surface area contributed by atoms with Gasteiger partial charge in [-0.3, -0.25) is 4.79 Å². The molecule has 0 spiro atoms. The Bertz CT molecular complexity index is 616. The first-order valence-corrected chi connectivity index (χ1v) is 6.22. The van der Waals surface area contributed by atoms with Gasteiger partial charge in [-0.1, -0.05) is 59.7 Å². The molecule has 5 heteroatoms. The minimum absolute atomic E-state index is 0.0367. The number of nitrogens with zero attached hydrogens (tertiary/aromatic N) is 3. The summed E-state index contributed by atoms with van der Waals surface area (Å²) >= 11 is 0. The van der Waals surface area contributed by atoms with Crippen molar-refractivity contribution < 1.29 is 4.79 Å². The molecule has 0 unspecified atom stereocenters. The maximum atomic E-state index is 11.8. The third-order valence-electron chi connectivity index (χ3n) is 2.79. The van der Waals surface area contributed by atoms with E-state index in [-0.39, 0.29) is 5.91 Å². The van der Waals surface area contributed by atoms with Crippen LogP contribution < -0.4 is 5.32 Å². The summed E-state index contributed by atoms with van der Waals surface area (Å²) in [6, 6.07) is 16.7. The molecule has 0 bridgehead atoms. The molecule has 1 N–H and O–H groups in total. The lowest BCUT2D eigenvalue weighted by atomic mass is 10.1. The molecule has 2 aromatic carbocycles. The number of hydrogen-bond donors (Lipinski definition) is 1. The fraction of sp³-hybridized carbons (Fsp3) is 0.133. The van der Waals surface area contributed by atoms with E-state index in [1.54, 1.807) is 24.3 Å². The van der Waals surface area contributed by atoms with E-state index >= 15 is 0 Å². The fourth-order valence-electron chi connectivity index (χ4n) is 1.78. The van der Waals surface area contributed by atoms with Crippen molar-refractivity contribution in [3.63, 3.8) is 0 Å². The third-order valence-corrected chi connectivity index (χ3v) is 2.79. The molecule has 2 rings (SSSR count). The largest absolute Gasteiger partial charge is 0.352 e. The molecule has 0 fully saturated rings. The van der Waals surface area contributed by atoms with Crippen LogP contribution in [-0.4, -0.2) is 5.91 Å². The lowest BCUT2D eigenvalue weighted by Crippen LogP contribution is -2.24. The second-order valence-electron chi connectivity index (χ2n) is 4.29. The standard InChI is InChI=1S/C15H14N4O/c16-19-18-14-8-6-12(7-9-14)10-15(20)17-11-13-4-2-1-3-5-13/h1-9H,10-11H2,(H,17,20). The Kier molecular flexibility index (Phi) is 4.76. The number of nitrogens with one attached hydrogen (secondary N) is 1. The molecular weight excluding hydrogens is 252 g/mol. The highest BCUT2D eigenvalue weighted by Gasteiger charge is 2.03. The van der Waals surface area contributed by atoms with E-state index in [2.05, 4.69) is 15.3 Å². The van der Waals surface area contributed by atoms with Crippen molar-refractivity contribution in [3.05, 3.63) is 76.2 Å². The molecule has 20 heavy (non-hydrogen) atoms. The predicted molar refractivity (Wildman–Crippen MR) is 77.2 cm³/mol. The summed E-state index contributed by atoms with van der Waals surface area (Å²) < 4.78 is 0. The van der Waals surface area contributed by atoms with Crippen LogP contribution in [-0.2, 0) is 17.8 Å². The molecule has 0 aliphatic heterocycles. The molecular formula is C15H14N4O. The molecule has 5 nitrogen and oxygen atoms in total. The first-order valence-electron chi connectivity index (χ1n) is 6.22. The Hall–Kier alpha value is -2.78. The van der Waals surface area contributed by atoms with Crippen molar-refractivity contribution in [1.29, 1.82) is 0 Å². The molecule has 0 aliphatic carbocycles. The van der Waals surface area contributed by atoms with Crippen LogP contribution in [0.15, 0.2) is 59.7 Å². The Morgan fingerprint density at radius 2 is 1.75 bits per heavy atom. The van der Waals surface area contributed by atoms with Crippen LogP contribution in [0.1, 0.15) is 11.1 Å². The van der Waals surface area contributed by atoms with Crippen molar-refractivity contribution in [2.45, 2.75) is 13.0 Å². The highest BCUT2D eigenvalue weighted by Crippen LogP contribution is 2.13. The molecule has 0 aromatic heterocycles. The van der Waals surface area contributed by atoms with Crippen molar-refractivity contribution in [1.82, 2.24) is 5.32 Å². The van der Waals surface area contributed by atoms with Crippen molar-refractivity contribution in [2.24, 2.45) is 5.11 Å². The van der Waals surface area contributed by atoms with Gasteiger partial charge in [-0.2, -0.15) is 0 Å². The summed E-state index contributed by atoms with van der Waals surface area (Å²) in [5.41, 5.74) is 10.8. The first kappa shape index (κ1) is 13.6. The number of hydrogen-bond acceptors (Lipinski definition) is 2. The highest BCUT2D eigenvalue weighted by atomic mass is 16.1. The molecule has 0 aliphatic rings. The zero-order valence-corrected chi connectivity index (χ0v) is 10.9. The number of carbonyl (C=O) groups is 1. The van der Waals surface area contributed by atoms with Gasteiger partial charge < -0.3 is 5.32 Å². The highest BCUT2D eigenvalue weighted by molar-refractivity contribution is 5.78. The van der Waals surface area contributed by atoms with Crippen LogP contribution in [0.25, 0.3) is 10.4 Å². The molecule has 0 heterocycles. The monoisotopic (exact) mass is 266 g/mol. The predicted octanol–water partition coefficient (Wildman–Crippen LogP) is 3.49. The molecule has 0 saturated heterocycles. The lowest BCUT2D eigenvalue weighted by Gasteiger charge is -2.05. The average Bonchev–Trinajstić information content (AvgIpc) is 2.49. The van der Waals surface area contributed by atoms with Gasteiger partial charge in [0.1, 0.15) is 0 Å². The summed E-state index contributed by atoms with van der Waals surface area (Å²) in [5.74, 6) is -0.0367. The van der Waals surface area contributed by atoms with Crippen LogP contribution in [0.2, 0.25) is 0 Å². The van der Waals surface area contributed by atoms with E-state index < -0.39 is 0 Å². The third kappa shape index (κ3) is 4.15. The Labute approximate surface area is 116 Å². The maximum Gasteiger partial charge on any atom is 0.224 e. The number of rotatable bonds is 5. The summed E-state index contributed by atoms with van der Waals surface area (Å²) in [4.78, 5) is 14.5. The smallest absolute Gasteiger partial charge is 0.224 e. The second-order valence-corrected chi connectivity index (χ2v) is 4.29. The quantitative estimate of drug-likeness (QED) is 0.502. The maximum absolute atomic E-state index is 11.8. The number of carbonyl (C=O) groups excluding carboxylic acids is 1. The summed E-state index contributed by atoms with van der Waals surface area (Å²) in [7, 11) is 0. The Morgan fingerprint density at radius 3 is 2.40 bits per heavy atom. The van der Waals surface area contributed by atoms with E-state index in [4.69, 9.17) is 5.53 Å². The topological polar surface area (TPSA) is 77.9 Å². The van der Waals surface area contributed by atoms with Gasteiger partial charge in [-0.05, 0) is 16.7 Å². The van der Waals surface area contributed by atoms with Gasteiger partial charge in [0, 0.05) is 17.1 Å². The molecule has 0 saturated carbocycles. The minimum atomic E-state index is -0.0367. The summed E-state index contributed by atoms with van der Waals surface area (Å²) in [6.07, 6.45) is 0.309. The van der Waals surface area contributed by atoms with Gasteiger partial charge in [0.05, 0.1) is 6.42 Å². The zero-order chi connectivity index (χ0) is 14.2. The van der Waals surface area contributed by atoms with Crippen LogP contribution in [0.5, 0.6) is 0 Å². The zero-order valence-electron chi connectivity index (χ0n) is 10.9. The lowest BCUT2D eigenvalue weighted by molar-refractivity contribution is -0.120. The summed E-state index contributed by atoms with van der Waals surface area (Å²) in [5, 5.41) is 6.35. The molecule has 1 amide bonds. The van der Waals surface area contributed by atoms with Crippen LogP contribution >= 0.6 is 0 Å². The van der Waals surface area contributed by atoms with E-state index in [0.29, 0.717) is 18.7 Å². The van der Waals surface area contributed by atoms with Gasteiger partial charge in [0.15, 0.2) is 0 Å². The van der Waals surface area contributed by atoms with Crippen LogP contribution in [0.3, 0.4) is 0 Å². The number of amides is 1. The first-order chi connectivity index (χ1) is 9.78. The number of azide groups is 1. The average molecular weight is 266 g/mol. The van der Waals surface area contributed by atoms with Gasteiger partial charge in [0.2, 0.25) is 5.91 Å². The van der Waals surface area contributed by atoms with E-state index in [1.165, 1.54) is 0 Å². The van der Waals surface area contributed by atoms with Crippen LogP contribution in [0.4, 0.5) is 5.69 Å². The molecule has 2 aromatic rings. The molecule has 0 atom stereocenters. The molecule has 100 valence electrons. The van der Waals surface area contributed by atoms with Crippen molar-refractivity contribution in [2.75, 3.05) is 0 Å². The minimum Gasteiger partial charge on any atom is -0.352 e. The SMILES string of the molecule is [N-]=[N+]=Nc1ccc(CC(=O)NCc2ccccc2)cc1. The molecule has 0 radical (unpaired) electrons. The van der Waals surface area contributed by atoms with Gasteiger partial charge in [-0.15, -0.1) is 0 Å². The van der Waals surface area contributed by atoms with Gasteiger partial charge in [0.25, 0.3) is 0 Å². The van der Waals surface area contributed by atoms with Crippen LogP contribution in [0, 0.1) is 0 Å². The van der Waals surface area contributed by atoms with Gasteiger partial charge in [-0.25, -0.2) is 0 Å². The Balaban J connectivity index is 1.86. The number of benzene rings is 2. The second kappa shape index (κ2) is 6.97. The van der Waals surface area contributed by atoms with E-state index in [9.17, 15) is 4.79 Å². The Morgan fingerprint density at radius 1 is 1.05 bits per heavy atom. The van der Waals surface area contributed by atoms with Crippen molar-refractivity contribution in [3.8, 4) is 0 Å². The van der Waals surface area contributed by atoms with E-state index in [1.807, 2.05) is 30.3 Å².